The van der Waals surface area contributed by atoms with E-state index in [1.54, 1.807) is 18.4 Å². The second-order valence-electron chi connectivity index (χ2n) is 4.24. The Morgan fingerprint density at radius 3 is 2.19 bits per heavy atom. The molecule has 0 saturated heterocycles. The van der Waals surface area contributed by atoms with Crippen molar-refractivity contribution in [1.29, 1.82) is 0 Å². The molecule has 0 aromatic heterocycles. The van der Waals surface area contributed by atoms with Gasteiger partial charge in [0.2, 0.25) is 11.8 Å². The molecule has 0 radical (unpaired) electrons. The van der Waals surface area contributed by atoms with Crippen LogP contribution in [-0.2, 0) is 11.3 Å². The number of hydrogen-bond donors (Lipinski definition) is 2. The summed E-state index contributed by atoms with van der Waals surface area (Å²) in [5, 5.41) is 4.41. The maximum atomic E-state index is 12.4. The first kappa shape index (κ1) is 17.3. The highest BCUT2D eigenvalue weighted by Gasteiger charge is 2.61. The van der Waals surface area contributed by atoms with Gasteiger partial charge in [-0.3, -0.25) is 4.79 Å². The van der Waals surface area contributed by atoms with Gasteiger partial charge in [-0.15, -0.1) is 0 Å². The van der Waals surface area contributed by atoms with Crippen LogP contribution in [0.4, 0.5) is 32.0 Å². The average molecular weight is 314 g/mol. The zero-order chi connectivity index (χ0) is 16.3. The molecule has 0 bridgehead atoms. The summed E-state index contributed by atoms with van der Waals surface area (Å²) in [6.07, 6.45) is -11.4. The van der Waals surface area contributed by atoms with Crippen molar-refractivity contribution < 1.29 is 31.1 Å². The Labute approximate surface area is 116 Å². The lowest BCUT2D eigenvalue weighted by molar-refractivity contribution is -0.272. The van der Waals surface area contributed by atoms with Crippen LogP contribution in [-0.4, -0.2) is 25.3 Å². The summed E-state index contributed by atoms with van der Waals surface area (Å²) in [4.78, 5) is 11.3. The SMILES string of the molecule is CNCc1cccc(NC(=O)C(C(F)(F)F)C(F)(F)F)c1. The van der Waals surface area contributed by atoms with Gasteiger partial charge < -0.3 is 10.6 Å². The highest BCUT2D eigenvalue weighted by molar-refractivity contribution is 5.93. The van der Waals surface area contributed by atoms with Crippen LogP contribution in [0.15, 0.2) is 24.3 Å². The molecule has 0 saturated carbocycles. The molecule has 21 heavy (non-hydrogen) atoms. The number of alkyl halides is 6. The topological polar surface area (TPSA) is 41.1 Å². The lowest BCUT2D eigenvalue weighted by Gasteiger charge is -2.22. The molecule has 0 atom stereocenters. The summed E-state index contributed by atoms with van der Waals surface area (Å²) in [5.41, 5.74) is 0.470. The van der Waals surface area contributed by atoms with Gasteiger partial charge in [0, 0.05) is 12.2 Å². The first-order valence-electron chi connectivity index (χ1n) is 5.73. The summed E-state index contributed by atoms with van der Waals surface area (Å²) in [5.74, 6) is -6.21. The summed E-state index contributed by atoms with van der Waals surface area (Å²) in [6.45, 7) is 0.353. The summed E-state index contributed by atoms with van der Waals surface area (Å²) >= 11 is 0. The van der Waals surface area contributed by atoms with Gasteiger partial charge in [-0.25, -0.2) is 0 Å². The van der Waals surface area contributed by atoms with Crippen molar-refractivity contribution >= 4 is 11.6 Å². The van der Waals surface area contributed by atoms with Crippen molar-refractivity contribution in [3.05, 3.63) is 29.8 Å². The second-order valence-corrected chi connectivity index (χ2v) is 4.24. The number of nitrogens with one attached hydrogen (secondary N) is 2. The molecule has 0 aliphatic heterocycles. The van der Waals surface area contributed by atoms with Crippen molar-refractivity contribution in [2.45, 2.75) is 18.9 Å². The molecule has 0 unspecified atom stereocenters. The van der Waals surface area contributed by atoms with Crippen LogP contribution in [0.1, 0.15) is 5.56 Å². The average Bonchev–Trinajstić information content (AvgIpc) is 2.25. The van der Waals surface area contributed by atoms with Crippen LogP contribution in [0.2, 0.25) is 0 Å². The molecule has 0 aliphatic rings. The Morgan fingerprint density at radius 1 is 1.14 bits per heavy atom. The first-order chi connectivity index (χ1) is 9.55. The Bertz CT molecular complexity index is 483. The van der Waals surface area contributed by atoms with Gasteiger partial charge in [0.05, 0.1) is 0 Å². The Kier molecular flexibility index (Phi) is 5.21. The zero-order valence-corrected chi connectivity index (χ0v) is 10.8. The standard InChI is InChI=1S/C12H12F6N2O/c1-19-6-7-3-2-4-8(5-7)20-10(21)9(11(13,14)15)12(16,17)18/h2-5,9,19H,6H2,1H3,(H,20,21). The minimum absolute atomic E-state index is 0.133. The highest BCUT2D eigenvalue weighted by Crippen LogP contribution is 2.39. The van der Waals surface area contributed by atoms with Gasteiger partial charge in [-0.2, -0.15) is 26.3 Å². The van der Waals surface area contributed by atoms with Gasteiger partial charge in [0.1, 0.15) is 0 Å². The summed E-state index contributed by atoms with van der Waals surface area (Å²) in [6, 6.07) is 5.52. The number of carbonyl (C=O) groups is 1. The number of carbonyl (C=O) groups excluding carboxylic acids is 1. The molecule has 118 valence electrons. The van der Waals surface area contributed by atoms with Crippen molar-refractivity contribution in [1.82, 2.24) is 5.32 Å². The third-order valence-corrected chi connectivity index (χ3v) is 2.49. The van der Waals surface area contributed by atoms with Gasteiger partial charge in [-0.1, -0.05) is 12.1 Å². The van der Waals surface area contributed by atoms with E-state index in [1.807, 2.05) is 0 Å². The molecular weight excluding hydrogens is 302 g/mol. The van der Waals surface area contributed by atoms with Crippen molar-refractivity contribution in [2.24, 2.45) is 5.92 Å². The molecule has 1 rings (SSSR count). The van der Waals surface area contributed by atoms with Crippen LogP contribution in [0.25, 0.3) is 0 Å². The van der Waals surface area contributed by atoms with Crippen molar-refractivity contribution in [3.63, 3.8) is 0 Å². The van der Waals surface area contributed by atoms with Crippen molar-refractivity contribution in [3.8, 4) is 0 Å². The van der Waals surface area contributed by atoms with Crippen LogP contribution in [0.5, 0.6) is 0 Å². The van der Waals surface area contributed by atoms with E-state index in [9.17, 15) is 31.1 Å². The molecule has 0 fully saturated rings. The van der Waals surface area contributed by atoms with Crippen LogP contribution in [0, 0.1) is 5.92 Å². The molecule has 0 aliphatic carbocycles. The number of amides is 1. The van der Waals surface area contributed by atoms with E-state index in [2.05, 4.69) is 5.32 Å². The van der Waals surface area contributed by atoms with E-state index in [-0.39, 0.29) is 5.69 Å². The monoisotopic (exact) mass is 314 g/mol. The number of halogens is 6. The Morgan fingerprint density at radius 2 is 1.71 bits per heavy atom. The predicted octanol–water partition coefficient (Wildman–Crippen LogP) is 3.09. The van der Waals surface area contributed by atoms with E-state index < -0.39 is 24.2 Å². The van der Waals surface area contributed by atoms with Gasteiger partial charge >= 0.3 is 12.4 Å². The quantitative estimate of drug-likeness (QED) is 0.839. The number of rotatable bonds is 4. The van der Waals surface area contributed by atoms with E-state index in [4.69, 9.17) is 0 Å². The van der Waals surface area contributed by atoms with Gasteiger partial charge in [0.25, 0.3) is 0 Å². The van der Waals surface area contributed by atoms with Gasteiger partial charge in [0.15, 0.2) is 0 Å². The number of benzene rings is 1. The van der Waals surface area contributed by atoms with E-state index in [0.29, 0.717) is 12.1 Å². The molecule has 9 heteroatoms. The Hall–Kier alpha value is -1.77. The van der Waals surface area contributed by atoms with E-state index >= 15 is 0 Å². The molecule has 3 nitrogen and oxygen atoms in total. The normalized spacial score (nSPS) is 12.6. The van der Waals surface area contributed by atoms with E-state index in [1.165, 1.54) is 18.2 Å². The molecule has 1 aromatic carbocycles. The molecule has 0 spiro atoms. The molecule has 2 N–H and O–H groups in total. The minimum atomic E-state index is -5.70. The molecule has 1 aromatic rings. The largest absolute Gasteiger partial charge is 0.409 e. The fraction of sp³-hybridized carbons (Fsp3) is 0.417. The summed E-state index contributed by atoms with van der Waals surface area (Å²) in [7, 11) is 1.62. The fourth-order valence-electron chi connectivity index (χ4n) is 1.66. The molecule has 1 amide bonds. The van der Waals surface area contributed by atoms with Gasteiger partial charge in [-0.05, 0) is 24.7 Å². The zero-order valence-electron chi connectivity index (χ0n) is 10.8. The Balaban J connectivity index is 2.95. The smallest absolute Gasteiger partial charge is 0.325 e. The maximum Gasteiger partial charge on any atom is 0.409 e. The van der Waals surface area contributed by atoms with Crippen molar-refractivity contribution in [2.75, 3.05) is 12.4 Å². The van der Waals surface area contributed by atoms with Crippen LogP contribution >= 0.6 is 0 Å². The third kappa shape index (κ3) is 4.92. The van der Waals surface area contributed by atoms with Crippen LogP contribution in [0.3, 0.4) is 0 Å². The fourth-order valence-corrected chi connectivity index (χ4v) is 1.66. The van der Waals surface area contributed by atoms with E-state index in [0.717, 1.165) is 0 Å². The minimum Gasteiger partial charge on any atom is -0.325 e. The lowest BCUT2D eigenvalue weighted by atomic mass is 10.1. The predicted molar refractivity (Wildman–Crippen MR) is 63.4 cm³/mol. The first-order valence-corrected chi connectivity index (χ1v) is 5.73. The summed E-state index contributed by atoms with van der Waals surface area (Å²) < 4.78 is 74.3. The molecule has 0 heterocycles. The van der Waals surface area contributed by atoms with Crippen LogP contribution < -0.4 is 10.6 Å². The number of anilines is 1. The second kappa shape index (κ2) is 6.33. The maximum absolute atomic E-state index is 12.4. The third-order valence-electron chi connectivity index (χ3n) is 2.49. The molecular formula is C12H12F6N2O. The highest BCUT2D eigenvalue weighted by atomic mass is 19.4. The lowest BCUT2D eigenvalue weighted by Crippen LogP contribution is -2.45. The number of hydrogen-bond acceptors (Lipinski definition) is 2.